The van der Waals surface area contributed by atoms with Gasteiger partial charge in [0.15, 0.2) is 0 Å². The molecule has 0 spiro atoms. The van der Waals surface area contributed by atoms with Gasteiger partial charge in [0.2, 0.25) is 0 Å². The molecule has 0 aliphatic heterocycles. The molecule has 10 aromatic rings. The number of hydrogen-bond donors (Lipinski definition) is 0. The number of aromatic nitrogens is 1. The van der Waals surface area contributed by atoms with E-state index in [1.807, 2.05) is 0 Å². The van der Waals surface area contributed by atoms with Crippen LogP contribution in [0, 0.1) is 0 Å². The van der Waals surface area contributed by atoms with Crippen molar-refractivity contribution in [3.8, 4) is 39.1 Å². The number of anilines is 3. The third-order valence-corrected chi connectivity index (χ3v) is 11.8. The van der Waals surface area contributed by atoms with Crippen LogP contribution in [0.1, 0.15) is 24.0 Å². The summed E-state index contributed by atoms with van der Waals surface area (Å²) >= 11 is 0. The number of benzene rings is 9. The van der Waals surface area contributed by atoms with Crippen LogP contribution in [-0.2, 0) is 0 Å². The molecule has 0 N–H and O–H groups in total. The first-order valence-corrected chi connectivity index (χ1v) is 19.5. The van der Waals surface area contributed by atoms with E-state index in [0.29, 0.717) is 5.92 Å². The van der Waals surface area contributed by atoms with Gasteiger partial charge in [-0.15, -0.1) is 0 Å². The molecule has 264 valence electrons. The first kappa shape index (κ1) is 32.3. The van der Waals surface area contributed by atoms with Gasteiger partial charge in [-0.25, -0.2) is 0 Å². The average molecular weight is 715 g/mol. The van der Waals surface area contributed by atoms with Gasteiger partial charge in [0.05, 0.1) is 11.0 Å². The highest BCUT2D eigenvalue weighted by Gasteiger charge is 2.27. The monoisotopic (exact) mass is 714 g/mol. The van der Waals surface area contributed by atoms with Crippen LogP contribution in [-0.4, -0.2) is 4.57 Å². The second-order valence-electron chi connectivity index (χ2n) is 15.0. The topological polar surface area (TPSA) is 8.17 Å². The molecule has 1 atom stereocenters. The van der Waals surface area contributed by atoms with Gasteiger partial charge in [0, 0.05) is 39.4 Å². The maximum Gasteiger partial charge on any atom is 0.0542 e. The molecule has 0 saturated carbocycles. The fourth-order valence-electron chi connectivity index (χ4n) is 9.03. The number of hydrogen-bond acceptors (Lipinski definition) is 1. The summed E-state index contributed by atoms with van der Waals surface area (Å²) in [6, 6.07) is 75.6. The summed E-state index contributed by atoms with van der Waals surface area (Å²) in [6.07, 6.45) is 0. The molecular formula is C54H38N2. The molecule has 56 heavy (non-hydrogen) atoms. The van der Waals surface area contributed by atoms with Gasteiger partial charge in [0.1, 0.15) is 0 Å². The largest absolute Gasteiger partial charge is 0.310 e. The minimum absolute atomic E-state index is 0.324. The Balaban J connectivity index is 1.06. The van der Waals surface area contributed by atoms with Gasteiger partial charge in [-0.05, 0) is 122 Å². The third-order valence-electron chi connectivity index (χ3n) is 11.8. The zero-order chi connectivity index (χ0) is 37.2. The van der Waals surface area contributed by atoms with Crippen molar-refractivity contribution >= 4 is 49.6 Å². The molecule has 1 heterocycles. The van der Waals surface area contributed by atoms with E-state index in [1.54, 1.807) is 0 Å². The van der Waals surface area contributed by atoms with E-state index in [4.69, 9.17) is 0 Å². The predicted octanol–water partition coefficient (Wildman–Crippen LogP) is 14.9. The van der Waals surface area contributed by atoms with Crippen molar-refractivity contribution in [1.29, 1.82) is 0 Å². The highest BCUT2D eigenvalue weighted by molar-refractivity contribution is 6.11. The predicted molar refractivity (Wildman–Crippen MR) is 237 cm³/mol. The number of nitrogens with zero attached hydrogens (tertiary/aromatic N) is 2. The molecule has 11 rings (SSSR count). The number of rotatable bonds is 6. The van der Waals surface area contributed by atoms with Crippen LogP contribution in [0.5, 0.6) is 0 Å². The van der Waals surface area contributed by atoms with Gasteiger partial charge < -0.3 is 9.47 Å². The standard InChI is InChI=1S/C54H38N2/c1-36-47-18-7-8-19-48(47)49-30-28-45(34-51(36)49)55(43-25-22-39(23-26-43)41-17-11-16-40(32-41)37-12-3-2-4-13-37)46-29-31-54-52(35-46)50-20-9-10-21-53(50)56(54)44-27-24-38-14-5-6-15-42(38)33-44/h2-36H,1H3. The lowest BCUT2D eigenvalue weighted by atomic mass is 9.98. The molecule has 0 bridgehead atoms. The van der Waals surface area contributed by atoms with Gasteiger partial charge in [0.25, 0.3) is 0 Å². The van der Waals surface area contributed by atoms with Crippen molar-refractivity contribution < 1.29 is 0 Å². The second-order valence-corrected chi connectivity index (χ2v) is 15.0. The molecule has 1 aromatic heterocycles. The fraction of sp³-hybridized carbons (Fsp3) is 0.0370. The molecule has 1 aliphatic rings. The van der Waals surface area contributed by atoms with Gasteiger partial charge in [-0.1, -0.05) is 146 Å². The Kier molecular flexibility index (Phi) is 7.50. The van der Waals surface area contributed by atoms with Crippen LogP contribution in [0.3, 0.4) is 0 Å². The highest BCUT2D eigenvalue weighted by atomic mass is 15.1. The molecule has 1 aliphatic carbocycles. The van der Waals surface area contributed by atoms with Crippen LogP contribution >= 0.6 is 0 Å². The van der Waals surface area contributed by atoms with Gasteiger partial charge in [-0.3, -0.25) is 0 Å². The highest BCUT2D eigenvalue weighted by Crippen LogP contribution is 2.48. The summed E-state index contributed by atoms with van der Waals surface area (Å²) in [5.41, 5.74) is 17.2. The summed E-state index contributed by atoms with van der Waals surface area (Å²) in [5.74, 6) is 0.324. The van der Waals surface area contributed by atoms with E-state index in [1.165, 1.54) is 82.8 Å². The maximum atomic E-state index is 2.43. The zero-order valence-electron chi connectivity index (χ0n) is 31.1. The van der Waals surface area contributed by atoms with Crippen LogP contribution in [0.25, 0.3) is 71.6 Å². The van der Waals surface area contributed by atoms with Crippen molar-refractivity contribution in [1.82, 2.24) is 4.57 Å². The first-order chi connectivity index (χ1) is 27.7. The summed E-state index contributed by atoms with van der Waals surface area (Å²) < 4.78 is 2.41. The Hall–Kier alpha value is -7.16. The Labute approximate surface area is 327 Å². The SMILES string of the molecule is CC1c2ccccc2-c2ccc(N(c3ccc(-c4cccc(-c5ccccc5)c4)cc3)c3ccc4c(c3)c3ccccc3n4-c3ccc4ccccc4c3)cc21. The molecule has 1 unspecified atom stereocenters. The van der Waals surface area contributed by atoms with Crippen molar-refractivity contribution in [2.45, 2.75) is 12.8 Å². The number of fused-ring (bicyclic) bond motifs is 7. The van der Waals surface area contributed by atoms with Crippen molar-refractivity contribution in [2.75, 3.05) is 4.90 Å². The summed E-state index contributed by atoms with van der Waals surface area (Å²) in [7, 11) is 0. The molecule has 0 fully saturated rings. The Morgan fingerprint density at radius 1 is 0.375 bits per heavy atom. The smallest absolute Gasteiger partial charge is 0.0542 e. The van der Waals surface area contributed by atoms with E-state index in [2.05, 4.69) is 223 Å². The van der Waals surface area contributed by atoms with E-state index in [9.17, 15) is 0 Å². The van der Waals surface area contributed by atoms with Gasteiger partial charge >= 0.3 is 0 Å². The fourth-order valence-corrected chi connectivity index (χ4v) is 9.03. The van der Waals surface area contributed by atoms with Crippen LogP contribution in [0.15, 0.2) is 206 Å². The molecule has 2 heteroatoms. The molecule has 0 amide bonds. The lowest BCUT2D eigenvalue weighted by Gasteiger charge is -2.27. The molecular weight excluding hydrogens is 677 g/mol. The summed E-state index contributed by atoms with van der Waals surface area (Å²) in [5, 5.41) is 4.95. The maximum absolute atomic E-state index is 2.43. The summed E-state index contributed by atoms with van der Waals surface area (Å²) in [4.78, 5) is 2.43. The van der Waals surface area contributed by atoms with Crippen LogP contribution in [0.2, 0.25) is 0 Å². The van der Waals surface area contributed by atoms with Crippen molar-refractivity contribution in [2.24, 2.45) is 0 Å². The molecule has 0 radical (unpaired) electrons. The second kappa shape index (κ2) is 13.0. The molecule has 9 aromatic carbocycles. The molecule has 2 nitrogen and oxygen atoms in total. The molecule has 0 saturated heterocycles. The average Bonchev–Trinajstić information content (AvgIpc) is 3.75. The third kappa shape index (κ3) is 5.26. The van der Waals surface area contributed by atoms with E-state index in [-0.39, 0.29) is 0 Å². The Morgan fingerprint density at radius 2 is 1.00 bits per heavy atom. The minimum atomic E-state index is 0.324. The quantitative estimate of drug-likeness (QED) is 0.166. The van der Waals surface area contributed by atoms with Crippen LogP contribution in [0.4, 0.5) is 17.1 Å². The minimum Gasteiger partial charge on any atom is -0.310 e. The first-order valence-electron chi connectivity index (χ1n) is 19.5. The Morgan fingerprint density at radius 3 is 1.86 bits per heavy atom. The zero-order valence-corrected chi connectivity index (χ0v) is 31.1. The lowest BCUT2D eigenvalue weighted by molar-refractivity contribution is 0.956. The van der Waals surface area contributed by atoms with Crippen molar-refractivity contribution in [3.63, 3.8) is 0 Å². The Bertz CT molecular complexity index is 3100. The van der Waals surface area contributed by atoms with E-state index in [0.717, 1.165) is 17.1 Å². The lowest BCUT2D eigenvalue weighted by Crippen LogP contribution is -2.10. The van der Waals surface area contributed by atoms with Crippen LogP contribution < -0.4 is 4.90 Å². The van der Waals surface area contributed by atoms with E-state index >= 15 is 0 Å². The van der Waals surface area contributed by atoms with Crippen molar-refractivity contribution in [3.05, 3.63) is 217 Å². The summed E-state index contributed by atoms with van der Waals surface area (Å²) in [6.45, 7) is 2.34. The number of para-hydroxylation sites is 1. The normalized spacial score (nSPS) is 13.3. The van der Waals surface area contributed by atoms with Gasteiger partial charge in [-0.2, -0.15) is 0 Å². The van der Waals surface area contributed by atoms with E-state index < -0.39 is 0 Å².